The predicted octanol–water partition coefficient (Wildman–Crippen LogP) is 2.78. The van der Waals surface area contributed by atoms with Crippen molar-refractivity contribution >= 4 is 0 Å². The standard InChI is InChI=1S/C16H20N2O/c1-12-5-6-16(14(10-12)7-8-17)19-11-15-13(2)4-3-9-18-15/h3-6,9-10H,7-8,11,17H2,1-2H3. The van der Waals surface area contributed by atoms with Crippen molar-refractivity contribution in [1.82, 2.24) is 4.98 Å². The molecule has 19 heavy (non-hydrogen) atoms. The molecule has 0 bridgehead atoms. The quantitative estimate of drug-likeness (QED) is 0.895. The van der Waals surface area contributed by atoms with Crippen LogP contribution in [0.2, 0.25) is 0 Å². The van der Waals surface area contributed by atoms with E-state index in [0.717, 1.165) is 29.0 Å². The molecule has 0 aliphatic heterocycles. The fourth-order valence-electron chi connectivity index (χ4n) is 2.02. The lowest BCUT2D eigenvalue weighted by molar-refractivity contribution is 0.297. The maximum atomic E-state index is 5.89. The number of aromatic nitrogens is 1. The number of benzene rings is 1. The molecule has 0 saturated carbocycles. The van der Waals surface area contributed by atoms with Gasteiger partial charge in [-0.3, -0.25) is 4.98 Å². The summed E-state index contributed by atoms with van der Waals surface area (Å²) in [5.41, 5.74) is 10.2. The maximum Gasteiger partial charge on any atom is 0.130 e. The van der Waals surface area contributed by atoms with E-state index < -0.39 is 0 Å². The number of aryl methyl sites for hydroxylation is 2. The van der Waals surface area contributed by atoms with E-state index >= 15 is 0 Å². The second-order valence-electron chi connectivity index (χ2n) is 4.71. The summed E-state index contributed by atoms with van der Waals surface area (Å²) in [6.07, 6.45) is 2.62. The minimum Gasteiger partial charge on any atom is -0.487 e. The Kier molecular flexibility index (Phi) is 4.53. The highest BCUT2D eigenvalue weighted by Gasteiger charge is 2.05. The van der Waals surface area contributed by atoms with Crippen LogP contribution in [0.15, 0.2) is 36.5 Å². The minimum absolute atomic E-state index is 0.493. The summed E-state index contributed by atoms with van der Waals surface area (Å²) in [7, 11) is 0. The van der Waals surface area contributed by atoms with E-state index in [0.29, 0.717) is 13.2 Å². The van der Waals surface area contributed by atoms with Gasteiger partial charge in [0.05, 0.1) is 5.69 Å². The Labute approximate surface area is 114 Å². The number of nitrogens with two attached hydrogens (primary N) is 1. The largest absolute Gasteiger partial charge is 0.487 e. The van der Waals surface area contributed by atoms with Crippen molar-refractivity contribution in [2.24, 2.45) is 5.73 Å². The molecule has 0 aliphatic rings. The molecule has 0 saturated heterocycles. The fraction of sp³-hybridized carbons (Fsp3) is 0.312. The van der Waals surface area contributed by atoms with Crippen molar-refractivity contribution in [3.05, 3.63) is 58.9 Å². The van der Waals surface area contributed by atoms with Crippen molar-refractivity contribution in [1.29, 1.82) is 0 Å². The Morgan fingerprint density at radius 1 is 1.21 bits per heavy atom. The zero-order valence-corrected chi connectivity index (χ0v) is 11.5. The van der Waals surface area contributed by atoms with Gasteiger partial charge in [0, 0.05) is 6.20 Å². The Balaban J connectivity index is 2.13. The van der Waals surface area contributed by atoms with Gasteiger partial charge < -0.3 is 10.5 Å². The summed E-state index contributed by atoms with van der Waals surface area (Å²) in [5, 5.41) is 0. The lowest BCUT2D eigenvalue weighted by Gasteiger charge is -2.12. The minimum atomic E-state index is 0.493. The molecule has 3 nitrogen and oxygen atoms in total. The highest BCUT2D eigenvalue weighted by Crippen LogP contribution is 2.21. The highest BCUT2D eigenvalue weighted by molar-refractivity contribution is 5.37. The molecule has 2 rings (SSSR count). The smallest absolute Gasteiger partial charge is 0.130 e. The van der Waals surface area contributed by atoms with Gasteiger partial charge in [0.15, 0.2) is 0 Å². The molecule has 3 heteroatoms. The molecule has 1 heterocycles. The van der Waals surface area contributed by atoms with Crippen LogP contribution in [0.3, 0.4) is 0 Å². The molecule has 0 amide bonds. The van der Waals surface area contributed by atoms with Gasteiger partial charge in [0.25, 0.3) is 0 Å². The van der Waals surface area contributed by atoms with Gasteiger partial charge in [-0.05, 0) is 50.1 Å². The number of hydrogen-bond acceptors (Lipinski definition) is 3. The lowest BCUT2D eigenvalue weighted by atomic mass is 10.1. The van der Waals surface area contributed by atoms with Crippen LogP contribution < -0.4 is 10.5 Å². The third-order valence-electron chi connectivity index (χ3n) is 3.11. The zero-order chi connectivity index (χ0) is 13.7. The van der Waals surface area contributed by atoms with Gasteiger partial charge >= 0.3 is 0 Å². The van der Waals surface area contributed by atoms with Crippen molar-refractivity contribution < 1.29 is 4.74 Å². The van der Waals surface area contributed by atoms with Crippen LogP contribution in [0, 0.1) is 13.8 Å². The topological polar surface area (TPSA) is 48.1 Å². The number of ether oxygens (including phenoxy) is 1. The summed E-state index contributed by atoms with van der Waals surface area (Å²) in [6.45, 7) is 5.24. The molecule has 0 spiro atoms. The third kappa shape index (κ3) is 3.55. The molecule has 100 valence electrons. The Hall–Kier alpha value is -1.87. The van der Waals surface area contributed by atoms with Crippen LogP contribution in [-0.4, -0.2) is 11.5 Å². The Morgan fingerprint density at radius 3 is 2.79 bits per heavy atom. The Bertz CT molecular complexity index is 552. The van der Waals surface area contributed by atoms with Crippen molar-refractivity contribution in [2.45, 2.75) is 26.9 Å². The third-order valence-corrected chi connectivity index (χ3v) is 3.11. The number of hydrogen-bond donors (Lipinski definition) is 1. The first-order valence-electron chi connectivity index (χ1n) is 6.53. The van der Waals surface area contributed by atoms with Gasteiger partial charge in [-0.15, -0.1) is 0 Å². The van der Waals surface area contributed by atoms with Crippen molar-refractivity contribution in [2.75, 3.05) is 6.54 Å². The van der Waals surface area contributed by atoms with Crippen LogP contribution in [0.1, 0.15) is 22.4 Å². The van der Waals surface area contributed by atoms with E-state index in [1.807, 2.05) is 25.1 Å². The first-order valence-corrected chi connectivity index (χ1v) is 6.53. The van der Waals surface area contributed by atoms with Crippen LogP contribution >= 0.6 is 0 Å². The monoisotopic (exact) mass is 256 g/mol. The number of rotatable bonds is 5. The van der Waals surface area contributed by atoms with E-state index in [4.69, 9.17) is 10.5 Å². The first-order chi connectivity index (χ1) is 9.20. The lowest BCUT2D eigenvalue weighted by Crippen LogP contribution is -2.07. The summed E-state index contributed by atoms with van der Waals surface area (Å²) in [4.78, 5) is 4.34. The van der Waals surface area contributed by atoms with E-state index in [9.17, 15) is 0 Å². The second-order valence-corrected chi connectivity index (χ2v) is 4.71. The summed E-state index contributed by atoms with van der Waals surface area (Å²) >= 11 is 0. The summed E-state index contributed by atoms with van der Waals surface area (Å²) in [6, 6.07) is 10.2. The molecule has 0 unspecified atom stereocenters. The maximum absolute atomic E-state index is 5.89. The molecule has 2 N–H and O–H groups in total. The van der Waals surface area contributed by atoms with Crippen molar-refractivity contribution in [3.8, 4) is 5.75 Å². The van der Waals surface area contributed by atoms with Gasteiger partial charge in [0.2, 0.25) is 0 Å². The molecule has 1 aromatic heterocycles. The van der Waals surface area contributed by atoms with E-state index in [1.54, 1.807) is 6.20 Å². The zero-order valence-electron chi connectivity index (χ0n) is 11.5. The van der Waals surface area contributed by atoms with Gasteiger partial charge in [-0.25, -0.2) is 0 Å². The number of nitrogens with zero attached hydrogens (tertiary/aromatic N) is 1. The molecule has 0 fully saturated rings. The van der Waals surface area contributed by atoms with Crippen molar-refractivity contribution in [3.63, 3.8) is 0 Å². The SMILES string of the molecule is Cc1ccc(OCc2ncccc2C)c(CCN)c1. The number of pyridine rings is 1. The molecule has 0 atom stereocenters. The average Bonchev–Trinajstić information content (AvgIpc) is 2.40. The summed E-state index contributed by atoms with van der Waals surface area (Å²) < 4.78 is 5.89. The molecular weight excluding hydrogens is 236 g/mol. The van der Waals surface area contributed by atoms with Gasteiger partial charge in [0.1, 0.15) is 12.4 Å². The van der Waals surface area contributed by atoms with Crippen LogP contribution in [0.4, 0.5) is 0 Å². The van der Waals surface area contributed by atoms with Crippen LogP contribution in [0.5, 0.6) is 5.75 Å². The highest BCUT2D eigenvalue weighted by atomic mass is 16.5. The fourth-order valence-corrected chi connectivity index (χ4v) is 2.02. The molecule has 2 aromatic rings. The van der Waals surface area contributed by atoms with E-state index in [2.05, 4.69) is 24.0 Å². The molecular formula is C16H20N2O. The summed E-state index contributed by atoms with van der Waals surface area (Å²) in [5.74, 6) is 0.904. The average molecular weight is 256 g/mol. The van der Waals surface area contributed by atoms with E-state index in [1.165, 1.54) is 5.56 Å². The van der Waals surface area contributed by atoms with Gasteiger partial charge in [-0.1, -0.05) is 23.8 Å². The predicted molar refractivity (Wildman–Crippen MR) is 77.2 cm³/mol. The second kappa shape index (κ2) is 6.34. The van der Waals surface area contributed by atoms with Crippen LogP contribution in [-0.2, 0) is 13.0 Å². The van der Waals surface area contributed by atoms with Gasteiger partial charge in [-0.2, -0.15) is 0 Å². The van der Waals surface area contributed by atoms with E-state index in [-0.39, 0.29) is 0 Å². The molecule has 1 aromatic carbocycles. The van der Waals surface area contributed by atoms with Crippen LogP contribution in [0.25, 0.3) is 0 Å². The molecule has 0 aliphatic carbocycles. The molecule has 0 radical (unpaired) electrons. The Morgan fingerprint density at radius 2 is 2.05 bits per heavy atom. The first kappa shape index (κ1) is 13.6. The normalized spacial score (nSPS) is 10.5.